The molecule has 0 aliphatic carbocycles. The molecule has 0 aromatic heterocycles. The van der Waals surface area contributed by atoms with Gasteiger partial charge in [0.15, 0.2) is 0 Å². The van der Waals surface area contributed by atoms with E-state index in [0.717, 1.165) is 5.56 Å². The first-order valence-corrected chi connectivity index (χ1v) is 6.57. The second-order valence-electron chi connectivity index (χ2n) is 5.44. The third-order valence-corrected chi connectivity index (χ3v) is 3.69. The van der Waals surface area contributed by atoms with Crippen molar-refractivity contribution in [1.29, 1.82) is 0 Å². The molecule has 19 heavy (non-hydrogen) atoms. The van der Waals surface area contributed by atoms with Crippen molar-refractivity contribution >= 4 is 0 Å². The first-order valence-electron chi connectivity index (χ1n) is 6.57. The van der Waals surface area contributed by atoms with Gasteiger partial charge in [-0.25, -0.2) is 0 Å². The molecular weight excluding hydrogens is 251 g/mol. The van der Waals surface area contributed by atoms with Gasteiger partial charge < -0.3 is 5.32 Å². The predicted octanol–water partition coefficient (Wildman–Crippen LogP) is 4.28. The standard InChI is InChI=1S/C15H22F3N/c1-14(2,12-8-5-4-6-9-12)13(19-3)10-7-11-15(16,17)18/h4-6,8-9,13,19H,7,10-11H2,1-3H3. The fraction of sp³-hybridized carbons (Fsp3) is 0.600. The Kier molecular flexibility index (Phi) is 5.41. The summed E-state index contributed by atoms with van der Waals surface area (Å²) >= 11 is 0. The Hall–Kier alpha value is -1.03. The summed E-state index contributed by atoms with van der Waals surface area (Å²) in [5.41, 5.74) is 0.947. The molecule has 1 atom stereocenters. The zero-order valence-corrected chi connectivity index (χ0v) is 11.7. The number of likely N-dealkylation sites (N-methyl/N-ethyl adjacent to an activating group) is 1. The number of halogens is 3. The average Bonchev–Trinajstić information content (AvgIpc) is 2.34. The molecule has 0 amide bonds. The quantitative estimate of drug-likeness (QED) is 0.815. The lowest BCUT2D eigenvalue weighted by Crippen LogP contribution is -2.43. The van der Waals surface area contributed by atoms with Crippen LogP contribution in [-0.4, -0.2) is 19.3 Å². The molecule has 0 fully saturated rings. The van der Waals surface area contributed by atoms with Crippen LogP contribution in [0.25, 0.3) is 0 Å². The first kappa shape index (κ1) is 16.0. The van der Waals surface area contributed by atoms with Gasteiger partial charge >= 0.3 is 6.18 Å². The van der Waals surface area contributed by atoms with Crippen molar-refractivity contribution < 1.29 is 13.2 Å². The third kappa shape index (κ3) is 4.86. The van der Waals surface area contributed by atoms with E-state index in [-0.39, 0.29) is 17.9 Å². The van der Waals surface area contributed by atoms with E-state index in [1.807, 2.05) is 37.4 Å². The van der Waals surface area contributed by atoms with Gasteiger partial charge in [-0.3, -0.25) is 0 Å². The second-order valence-corrected chi connectivity index (χ2v) is 5.44. The maximum Gasteiger partial charge on any atom is 0.389 e. The van der Waals surface area contributed by atoms with Crippen molar-refractivity contribution in [3.63, 3.8) is 0 Å². The zero-order valence-electron chi connectivity index (χ0n) is 11.7. The minimum atomic E-state index is -4.06. The number of benzene rings is 1. The van der Waals surface area contributed by atoms with E-state index in [1.165, 1.54) is 0 Å². The fourth-order valence-corrected chi connectivity index (χ4v) is 2.44. The van der Waals surface area contributed by atoms with Gasteiger partial charge in [-0.2, -0.15) is 13.2 Å². The molecule has 0 bridgehead atoms. The SMILES string of the molecule is CNC(CCCC(F)(F)F)C(C)(C)c1ccccc1. The van der Waals surface area contributed by atoms with Gasteiger partial charge in [-0.15, -0.1) is 0 Å². The lowest BCUT2D eigenvalue weighted by molar-refractivity contribution is -0.136. The van der Waals surface area contributed by atoms with Crippen LogP contribution in [0.2, 0.25) is 0 Å². The highest BCUT2D eigenvalue weighted by molar-refractivity contribution is 5.25. The van der Waals surface area contributed by atoms with E-state index in [4.69, 9.17) is 0 Å². The molecule has 0 radical (unpaired) electrons. The van der Waals surface area contributed by atoms with Crippen molar-refractivity contribution in [2.45, 2.75) is 50.7 Å². The predicted molar refractivity (Wildman–Crippen MR) is 72.2 cm³/mol. The molecule has 0 heterocycles. The van der Waals surface area contributed by atoms with Crippen LogP contribution in [-0.2, 0) is 5.41 Å². The molecule has 4 heteroatoms. The van der Waals surface area contributed by atoms with Gasteiger partial charge in [0.2, 0.25) is 0 Å². The Morgan fingerprint density at radius 3 is 2.16 bits per heavy atom. The highest BCUT2D eigenvalue weighted by Crippen LogP contribution is 2.31. The minimum Gasteiger partial charge on any atom is -0.316 e. The Morgan fingerprint density at radius 2 is 1.68 bits per heavy atom. The molecule has 1 unspecified atom stereocenters. The van der Waals surface area contributed by atoms with E-state index < -0.39 is 12.6 Å². The van der Waals surface area contributed by atoms with Gasteiger partial charge in [0.05, 0.1) is 0 Å². The Labute approximate surface area is 113 Å². The minimum absolute atomic E-state index is 0.0252. The van der Waals surface area contributed by atoms with E-state index in [1.54, 1.807) is 0 Å². The van der Waals surface area contributed by atoms with Crippen molar-refractivity contribution in [2.24, 2.45) is 0 Å². The van der Waals surface area contributed by atoms with Crippen molar-refractivity contribution in [2.75, 3.05) is 7.05 Å². The molecule has 0 saturated carbocycles. The summed E-state index contributed by atoms with van der Waals surface area (Å²) in [5, 5.41) is 3.16. The summed E-state index contributed by atoms with van der Waals surface area (Å²) in [6.45, 7) is 4.13. The molecule has 1 aromatic carbocycles. The Balaban J connectivity index is 2.68. The van der Waals surface area contributed by atoms with Gasteiger partial charge in [0.1, 0.15) is 0 Å². The van der Waals surface area contributed by atoms with Crippen molar-refractivity contribution in [1.82, 2.24) is 5.32 Å². The topological polar surface area (TPSA) is 12.0 Å². The van der Waals surface area contributed by atoms with Crippen LogP contribution in [0.15, 0.2) is 30.3 Å². The van der Waals surface area contributed by atoms with Crippen molar-refractivity contribution in [3.8, 4) is 0 Å². The van der Waals surface area contributed by atoms with E-state index in [0.29, 0.717) is 6.42 Å². The summed E-state index contributed by atoms with van der Waals surface area (Å²) in [4.78, 5) is 0. The highest BCUT2D eigenvalue weighted by atomic mass is 19.4. The largest absolute Gasteiger partial charge is 0.389 e. The van der Waals surface area contributed by atoms with Gasteiger partial charge in [-0.1, -0.05) is 44.2 Å². The molecule has 0 saturated heterocycles. The van der Waals surface area contributed by atoms with Crippen LogP contribution in [0.4, 0.5) is 13.2 Å². The van der Waals surface area contributed by atoms with Gasteiger partial charge in [0, 0.05) is 17.9 Å². The van der Waals surface area contributed by atoms with Crippen LogP contribution in [0.3, 0.4) is 0 Å². The molecule has 0 aliphatic rings. The van der Waals surface area contributed by atoms with Crippen LogP contribution < -0.4 is 5.32 Å². The fourth-order valence-electron chi connectivity index (χ4n) is 2.44. The lowest BCUT2D eigenvalue weighted by atomic mass is 9.76. The number of hydrogen-bond donors (Lipinski definition) is 1. The smallest absolute Gasteiger partial charge is 0.316 e. The molecule has 108 valence electrons. The molecule has 1 nitrogen and oxygen atoms in total. The summed E-state index contributed by atoms with van der Waals surface area (Å²) in [7, 11) is 1.81. The van der Waals surface area contributed by atoms with Gasteiger partial charge in [0.25, 0.3) is 0 Å². The number of rotatable bonds is 6. The number of alkyl halides is 3. The highest BCUT2D eigenvalue weighted by Gasteiger charge is 2.32. The summed E-state index contributed by atoms with van der Waals surface area (Å²) in [5.74, 6) is 0. The van der Waals surface area contributed by atoms with Crippen LogP contribution in [0.5, 0.6) is 0 Å². The summed E-state index contributed by atoms with van der Waals surface area (Å²) < 4.78 is 36.6. The van der Waals surface area contributed by atoms with Crippen molar-refractivity contribution in [3.05, 3.63) is 35.9 Å². The Bertz CT molecular complexity index is 371. The van der Waals surface area contributed by atoms with E-state index in [2.05, 4.69) is 19.2 Å². The molecule has 1 N–H and O–H groups in total. The molecule has 0 spiro atoms. The molecule has 1 rings (SSSR count). The molecular formula is C15H22F3N. The third-order valence-electron chi connectivity index (χ3n) is 3.69. The Morgan fingerprint density at radius 1 is 1.11 bits per heavy atom. The molecule has 0 aliphatic heterocycles. The van der Waals surface area contributed by atoms with E-state index in [9.17, 15) is 13.2 Å². The normalized spacial score (nSPS) is 14.4. The lowest BCUT2D eigenvalue weighted by Gasteiger charge is -2.35. The monoisotopic (exact) mass is 273 g/mol. The summed E-state index contributed by atoms with van der Waals surface area (Å²) in [6, 6.07) is 9.93. The summed E-state index contributed by atoms with van der Waals surface area (Å²) in [6.07, 6.45) is -4.10. The van der Waals surface area contributed by atoms with Crippen LogP contribution in [0.1, 0.15) is 38.7 Å². The zero-order chi connectivity index (χ0) is 14.5. The average molecular weight is 273 g/mol. The van der Waals surface area contributed by atoms with E-state index >= 15 is 0 Å². The maximum atomic E-state index is 12.2. The number of hydrogen-bond acceptors (Lipinski definition) is 1. The van der Waals surface area contributed by atoms with Crippen LogP contribution >= 0.6 is 0 Å². The number of nitrogens with one attached hydrogen (secondary N) is 1. The van der Waals surface area contributed by atoms with Crippen LogP contribution in [0, 0.1) is 0 Å². The second kappa shape index (κ2) is 6.42. The maximum absolute atomic E-state index is 12.2. The van der Waals surface area contributed by atoms with Gasteiger partial charge in [-0.05, 0) is 25.5 Å². The first-order chi connectivity index (χ1) is 8.77. The molecule has 1 aromatic rings.